The Morgan fingerprint density at radius 2 is 1.18 bits per heavy atom. The molecule has 82 valence electrons. The van der Waals surface area contributed by atoms with E-state index in [0.717, 1.165) is 9.46 Å². The molecule has 2 heterocycles. The molecule has 0 aliphatic rings. The summed E-state index contributed by atoms with van der Waals surface area (Å²) < 4.78 is 1.55. The minimum Gasteiger partial charge on any atom is -0.618 e. The van der Waals surface area contributed by atoms with Crippen LogP contribution in [0.25, 0.3) is 0 Å². The van der Waals surface area contributed by atoms with Crippen molar-refractivity contribution >= 4 is 44.6 Å². The van der Waals surface area contributed by atoms with Crippen LogP contribution >= 0.6 is 21.6 Å². The SMILES string of the molecule is [Mg+2].[O-][n+]1ccccc1SSc1cccc[n+]1[O-]. The molecule has 4 nitrogen and oxygen atoms in total. The first-order valence-electron chi connectivity index (χ1n) is 4.48. The molecule has 7 heteroatoms. The fourth-order valence-corrected chi connectivity index (χ4v) is 3.03. The quantitative estimate of drug-likeness (QED) is 0.368. The molecule has 2 aromatic heterocycles. The topological polar surface area (TPSA) is 53.9 Å². The zero-order chi connectivity index (χ0) is 11.4. The van der Waals surface area contributed by atoms with E-state index in [2.05, 4.69) is 0 Å². The number of hydrogen-bond acceptors (Lipinski definition) is 4. The van der Waals surface area contributed by atoms with Crippen LogP contribution in [0.3, 0.4) is 0 Å². The van der Waals surface area contributed by atoms with E-state index in [1.807, 2.05) is 0 Å². The maximum Gasteiger partial charge on any atom is 2.00 e. The van der Waals surface area contributed by atoms with E-state index in [1.165, 1.54) is 34.0 Å². The van der Waals surface area contributed by atoms with Gasteiger partial charge in [0.2, 0.25) is 0 Å². The first kappa shape index (κ1) is 14.4. The van der Waals surface area contributed by atoms with Crippen LogP contribution in [0.2, 0.25) is 0 Å². The second-order valence-electron chi connectivity index (χ2n) is 2.90. The first-order valence-corrected chi connectivity index (χ1v) is 6.63. The molecule has 0 atom stereocenters. The summed E-state index contributed by atoms with van der Waals surface area (Å²) in [5.41, 5.74) is 0. The van der Waals surface area contributed by atoms with Crippen molar-refractivity contribution in [2.24, 2.45) is 0 Å². The number of pyridine rings is 2. The smallest absolute Gasteiger partial charge is 0.618 e. The van der Waals surface area contributed by atoms with Gasteiger partial charge in [0, 0.05) is 45.9 Å². The minimum absolute atomic E-state index is 0. The molecule has 2 aromatic rings. The Bertz CT molecular complexity index is 454. The van der Waals surface area contributed by atoms with Gasteiger partial charge in [-0.05, 0) is 12.1 Å². The van der Waals surface area contributed by atoms with E-state index in [0.29, 0.717) is 10.1 Å². The molecule has 0 aliphatic heterocycles. The number of aromatic nitrogens is 2. The molecule has 0 fully saturated rings. The van der Waals surface area contributed by atoms with Gasteiger partial charge in [0.25, 0.3) is 10.1 Å². The zero-order valence-electron chi connectivity index (χ0n) is 8.85. The fraction of sp³-hybridized carbons (Fsp3) is 0. The Kier molecular flexibility index (Phi) is 5.90. The van der Waals surface area contributed by atoms with Gasteiger partial charge in [-0.1, -0.05) is 0 Å². The maximum atomic E-state index is 11.3. The first-order chi connectivity index (χ1) is 7.77. The van der Waals surface area contributed by atoms with Gasteiger partial charge in [-0.3, -0.25) is 0 Å². The minimum atomic E-state index is 0. The van der Waals surface area contributed by atoms with Crippen molar-refractivity contribution in [3.05, 3.63) is 59.2 Å². The molecule has 0 aliphatic carbocycles. The third kappa shape index (κ3) is 3.95. The van der Waals surface area contributed by atoms with Gasteiger partial charge in [0.1, 0.15) is 0 Å². The largest absolute Gasteiger partial charge is 2.00 e. The maximum absolute atomic E-state index is 11.3. The van der Waals surface area contributed by atoms with Crippen LogP contribution < -0.4 is 9.46 Å². The van der Waals surface area contributed by atoms with Gasteiger partial charge < -0.3 is 10.4 Å². The van der Waals surface area contributed by atoms with E-state index in [4.69, 9.17) is 0 Å². The summed E-state index contributed by atoms with van der Waals surface area (Å²) in [5, 5.41) is 23.8. The average Bonchev–Trinajstić information content (AvgIpc) is 2.30. The van der Waals surface area contributed by atoms with Crippen molar-refractivity contribution in [1.29, 1.82) is 0 Å². The van der Waals surface area contributed by atoms with Crippen molar-refractivity contribution in [2.75, 3.05) is 0 Å². The molecular weight excluding hydrogens is 269 g/mol. The van der Waals surface area contributed by atoms with Crippen LogP contribution in [0.15, 0.2) is 58.8 Å². The number of hydrogen-bond donors (Lipinski definition) is 0. The van der Waals surface area contributed by atoms with Crippen LogP contribution in [0.5, 0.6) is 0 Å². The molecule has 0 saturated carbocycles. The second kappa shape index (κ2) is 6.95. The van der Waals surface area contributed by atoms with Crippen LogP contribution in [-0.4, -0.2) is 23.1 Å². The van der Waals surface area contributed by atoms with Gasteiger partial charge in [0.15, 0.2) is 12.4 Å². The summed E-state index contributed by atoms with van der Waals surface area (Å²) in [6.45, 7) is 0. The summed E-state index contributed by atoms with van der Waals surface area (Å²) in [6.07, 6.45) is 2.86. The van der Waals surface area contributed by atoms with Crippen molar-refractivity contribution in [1.82, 2.24) is 0 Å². The van der Waals surface area contributed by atoms with Gasteiger partial charge >= 0.3 is 23.1 Å². The van der Waals surface area contributed by atoms with Crippen LogP contribution in [0, 0.1) is 10.4 Å². The Balaban J connectivity index is 0.00000144. The van der Waals surface area contributed by atoms with Crippen LogP contribution in [0.1, 0.15) is 0 Å². The van der Waals surface area contributed by atoms with Crippen molar-refractivity contribution < 1.29 is 9.46 Å². The molecule has 0 radical (unpaired) electrons. The van der Waals surface area contributed by atoms with E-state index in [9.17, 15) is 10.4 Å². The van der Waals surface area contributed by atoms with Crippen LogP contribution in [0.4, 0.5) is 0 Å². The Morgan fingerprint density at radius 1 is 0.765 bits per heavy atom. The van der Waals surface area contributed by atoms with Crippen molar-refractivity contribution in [3.8, 4) is 0 Å². The molecule has 2 rings (SSSR count). The summed E-state index contributed by atoms with van der Waals surface area (Å²) in [6, 6.07) is 10.3. The van der Waals surface area contributed by atoms with E-state index < -0.39 is 0 Å². The Morgan fingerprint density at radius 3 is 1.53 bits per heavy atom. The van der Waals surface area contributed by atoms with E-state index in [-0.39, 0.29) is 23.1 Å². The molecule has 0 aromatic carbocycles. The number of rotatable bonds is 3. The molecule has 0 spiro atoms. The van der Waals surface area contributed by atoms with Crippen molar-refractivity contribution in [3.63, 3.8) is 0 Å². The van der Waals surface area contributed by atoms with Gasteiger partial charge in [-0.2, -0.15) is 9.46 Å². The molecule has 0 unspecified atom stereocenters. The van der Waals surface area contributed by atoms with Crippen LogP contribution in [-0.2, 0) is 0 Å². The number of nitrogens with zero attached hydrogens (tertiary/aromatic N) is 2. The Hall–Kier alpha value is -0.634. The predicted molar refractivity (Wildman–Crippen MR) is 68.3 cm³/mol. The summed E-state index contributed by atoms with van der Waals surface area (Å²) in [4.78, 5) is 0. The third-order valence-electron chi connectivity index (χ3n) is 1.79. The fourth-order valence-electron chi connectivity index (χ4n) is 1.04. The molecule has 0 saturated heterocycles. The van der Waals surface area contributed by atoms with Gasteiger partial charge in [-0.15, -0.1) is 0 Å². The van der Waals surface area contributed by atoms with Crippen molar-refractivity contribution in [2.45, 2.75) is 10.1 Å². The predicted octanol–water partition coefficient (Wildman–Crippen LogP) is 1.37. The standard InChI is InChI=1S/C10H8N2O2S2.Mg/c13-11-7-3-1-5-9(11)15-16-10-6-2-4-8-12(10)14;/h1-8H;/q;+2. The zero-order valence-corrected chi connectivity index (χ0v) is 11.9. The molecular formula is C10H8MgN2O2S2+2. The molecule has 17 heavy (non-hydrogen) atoms. The van der Waals surface area contributed by atoms with Gasteiger partial charge in [0.05, 0.1) is 0 Å². The van der Waals surface area contributed by atoms with E-state index >= 15 is 0 Å². The molecule has 0 N–H and O–H groups in total. The summed E-state index contributed by atoms with van der Waals surface area (Å²) in [7, 11) is 2.52. The monoisotopic (exact) mass is 276 g/mol. The average molecular weight is 277 g/mol. The molecule has 0 amide bonds. The van der Waals surface area contributed by atoms with E-state index in [1.54, 1.807) is 36.4 Å². The second-order valence-corrected chi connectivity index (χ2v) is 5.07. The molecule has 0 bridgehead atoms. The normalized spacial score (nSPS) is 9.65. The third-order valence-corrected chi connectivity index (χ3v) is 4.12. The summed E-state index contributed by atoms with van der Waals surface area (Å²) in [5.74, 6) is 0. The van der Waals surface area contributed by atoms with Gasteiger partial charge in [-0.25, -0.2) is 0 Å². The Labute approximate surface area is 123 Å². The summed E-state index contributed by atoms with van der Waals surface area (Å²) >= 11 is 0.